The molecule has 1 aliphatic rings. The summed E-state index contributed by atoms with van der Waals surface area (Å²) in [7, 11) is 0. The van der Waals surface area contributed by atoms with Crippen molar-refractivity contribution in [1.29, 1.82) is 0 Å². The first-order valence-electron chi connectivity index (χ1n) is 7.61. The topological polar surface area (TPSA) is 46.1 Å². The van der Waals surface area contributed by atoms with Gasteiger partial charge in [0.2, 0.25) is 0 Å². The molecule has 1 atom stereocenters. The maximum absolute atomic E-state index is 13.0. The van der Waals surface area contributed by atoms with Crippen LogP contribution in [0.15, 0.2) is 54.9 Å². The van der Waals surface area contributed by atoms with E-state index in [1.807, 2.05) is 47.4 Å². The third kappa shape index (κ3) is 2.85. The van der Waals surface area contributed by atoms with Crippen LogP contribution in [0.25, 0.3) is 11.0 Å². The molecular formula is C18H14ClN3OS. The molecule has 3 aromatic rings. The quantitative estimate of drug-likeness (QED) is 0.692. The van der Waals surface area contributed by atoms with Crippen LogP contribution in [0.1, 0.15) is 21.3 Å². The maximum Gasteiger partial charge on any atom is 0.255 e. The van der Waals surface area contributed by atoms with E-state index >= 15 is 0 Å². The van der Waals surface area contributed by atoms with Gasteiger partial charge in [-0.3, -0.25) is 14.8 Å². The van der Waals surface area contributed by atoms with Gasteiger partial charge in [-0.25, -0.2) is 0 Å². The number of thioether (sulfide) groups is 1. The Morgan fingerprint density at radius 2 is 1.83 bits per heavy atom. The lowest BCUT2D eigenvalue weighted by atomic mass is 10.1. The van der Waals surface area contributed by atoms with Crippen molar-refractivity contribution in [3.8, 4) is 0 Å². The molecule has 2 heterocycles. The van der Waals surface area contributed by atoms with E-state index in [-0.39, 0.29) is 11.3 Å². The van der Waals surface area contributed by atoms with Crippen LogP contribution >= 0.6 is 23.4 Å². The molecule has 0 N–H and O–H groups in total. The summed E-state index contributed by atoms with van der Waals surface area (Å²) < 4.78 is 0. The van der Waals surface area contributed by atoms with Gasteiger partial charge in [-0.2, -0.15) is 0 Å². The minimum absolute atomic E-state index is 0.0207. The number of halogens is 1. The van der Waals surface area contributed by atoms with Crippen LogP contribution in [0.2, 0.25) is 5.02 Å². The molecule has 4 rings (SSSR count). The highest BCUT2D eigenvalue weighted by molar-refractivity contribution is 7.99. The number of aromatic nitrogens is 2. The number of rotatable bonds is 2. The summed E-state index contributed by atoms with van der Waals surface area (Å²) in [6.07, 6.45) is 3.29. The average Bonchev–Trinajstić information content (AvgIpc) is 3.11. The SMILES string of the molecule is O=C(c1ccc2nccnc2c1)N1CCSC1c1ccc(Cl)cc1. The normalized spacial score (nSPS) is 17.4. The molecule has 4 nitrogen and oxygen atoms in total. The van der Waals surface area contributed by atoms with Gasteiger partial charge in [0.1, 0.15) is 5.37 Å². The van der Waals surface area contributed by atoms with E-state index in [0.717, 1.165) is 28.9 Å². The van der Waals surface area contributed by atoms with Crippen LogP contribution in [0, 0.1) is 0 Å². The number of nitrogens with zero attached hydrogens (tertiary/aromatic N) is 3. The van der Waals surface area contributed by atoms with Crippen LogP contribution in [0.3, 0.4) is 0 Å². The Labute approximate surface area is 148 Å². The molecule has 0 bridgehead atoms. The first-order valence-corrected chi connectivity index (χ1v) is 9.04. The molecule has 1 unspecified atom stereocenters. The molecule has 1 saturated heterocycles. The molecule has 0 aliphatic carbocycles. The highest BCUT2D eigenvalue weighted by Crippen LogP contribution is 2.39. The van der Waals surface area contributed by atoms with Crippen molar-refractivity contribution in [2.75, 3.05) is 12.3 Å². The third-order valence-corrected chi connectivity index (χ3v) is 5.54. The van der Waals surface area contributed by atoms with Crippen LogP contribution in [0.4, 0.5) is 0 Å². The molecule has 1 amide bonds. The zero-order chi connectivity index (χ0) is 16.5. The second-order valence-electron chi connectivity index (χ2n) is 5.53. The van der Waals surface area contributed by atoms with Crippen LogP contribution in [0.5, 0.6) is 0 Å². The number of hydrogen-bond acceptors (Lipinski definition) is 4. The number of fused-ring (bicyclic) bond motifs is 1. The monoisotopic (exact) mass is 355 g/mol. The van der Waals surface area contributed by atoms with Crippen LogP contribution in [-0.4, -0.2) is 33.1 Å². The molecular weight excluding hydrogens is 342 g/mol. The zero-order valence-corrected chi connectivity index (χ0v) is 14.3. The highest BCUT2D eigenvalue weighted by atomic mass is 35.5. The second-order valence-corrected chi connectivity index (χ2v) is 7.16. The smallest absolute Gasteiger partial charge is 0.255 e. The second kappa shape index (κ2) is 6.42. The zero-order valence-electron chi connectivity index (χ0n) is 12.7. The van der Waals surface area contributed by atoms with Gasteiger partial charge in [-0.1, -0.05) is 23.7 Å². The number of benzene rings is 2. The number of carbonyl (C=O) groups excluding carboxylic acids is 1. The standard InChI is InChI=1S/C18H14ClN3OS/c19-14-4-1-12(2-5-14)18-22(9-10-24-18)17(23)13-3-6-15-16(11-13)21-8-7-20-15/h1-8,11,18H,9-10H2. The number of carbonyl (C=O) groups is 1. The fourth-order valence-corrected chi connectivity index (χ4v) is 4.23. The molecule has 24 heavy (non-hydrogen) atoms. The summed E-state index contributed by atoms with van der Waals surface area (Å²) in [5.74, 6) is 0.944. The van der Waals surface area contributed by atoms with Crippen LogP contribution in [-0.2, 0) is 0 Å². The van der Waals surface area contributed by atoms with Gasteiger partial charge in [-0.05, 0) is 35.9 Å². The minimum Gasteiger partial charge on any atom is -0.322 e. The molecule has 6 heteroatoms. The van der Waals surface area contributed by atoms with Gasteiger partial charge >= 0.3 is 0 Å². The van der Waals surface area contributed by atoms with Crippen molar-refractivity contribution in [2.24, 2.45) is 0 Å². The van der Waals surface area contributed by atoms with E-state index in [1.54, 1.807) is 24.2 Å². The van der Waals surface area contributed by atoms with E-state index < -0.39 is 0 Å². The van der Waals surface area contributed by atoms with E-state index in [0.29, 0.717) is 10.6 Å². The van der Waals surface area contributed by atoms with Gasteiger partial charge in [0.05, 0.1) is 11.0 Å². The van der Waals surface area contributed by atoms with Crippen molar-refractivity contribution in [1.82, 2.24) is 14.9 Å². The largest absolute Gasteiger partial charge is 0.322 e. The summed E-state index contributed by atoms with van der Waals surface area (Å²) in [4.78, 5) is 23.4. The van der Waals surface area contributed by atoms with Crippen molar-refractivity contribution < 1.29 is 4.79 Å². The first kappa shape index (κ1) is 15.4. The Morgan fingerprint density at radius 1 is 1.08 bits per heavy atom. The Morgan fingerprint density at radius 3 is 2.62 bits per heavy atom. The van der Waals surface area contributed by atoms with E-state index in [1.165, 1.54) is 0 Å². The van der Waals surface area contributed by atoms with Gasteiger partial charge in [0.15, 0.2) is 0 Å². The summed E-state index contributed by atoms with van der Waals surface area (Å²) >= 11 is 7.74. The molecule has 120 valence electrons. The Bertz CT molecular complexity index is 900. The van der Waals surface area contributed by atoms with Crippen molar-refractivity contribution >= 4 is 40.3 Å². The number of hydrogen-bond donors (Lipinski definition) is 0. The first-order chi connectivity index (χ1) is 11.7. The molecule has 0 saturated carbocycles. The summed E-state index contributed by atoms with van der Waals surface area (Å²) in [6.45, 7) is 0.731. The van der Waals surface area contributed by atoms with E-state index in [9.17, 15) is 4.79 Å². The average molecular weight is 356 g/mol. The number of amides is 1. The molecule has 1 aromatic heterocycles. The Hall–Kier alpha value is -2.11. The molecule has 0 spiro atoms. The summed E-state index contributed by atoms with van der Waals surface area (Å²) in [5.41, 5.74) is 3.26. The van der Waals surface area contributed by atoms with Gasteiger partial charge in [-0.15, -0.1) is 11.8 Å². The Balaban J connectivity index is 1.65. The molecule has 2 aromatic carbocycles. The predicted molar refractivity (Wildman–Crippen MR) is 97.2 cm³/mol. The third-order valence-electron chi connectivity index (χ3n) is 4.02. The molecule has 1 fully saturated rings. The minimum atomic E-state index is 0.0207. The predicted octanol–water partition coefficient (Wildman–Crippen LogP) is 4.17. The fraction of sp³-hybridized carbons (Fsp3) is 0.167. The fourth-order valence-electron chi connectivity index (χ4n) is 2.84. The van der Waals surface area contributed by atoms with Gasteiger partial charge in [0.25, 0.3) is 5.91 Å². The van der Waals surface area contributed by atoms with Crippen LogP contribution < -0.4 is 0 Å². The lowest BCUT2D eigenvalue weighted by Crippen LogP contribution is -2.30. The van der Waals surface area contributed by atoms with E-state index in [2.05, 4.69) is 9.97 Å². The molecule has 1 aliphatic heterocycles. The lowest BCUT2D eigenvalue weighted by molar-refractivity contribution is 0.0760. The van der Waals surface area contributed by atoms with Gasteiger partial charge < -0.3 is 4.90 Å². The van der Waals surface area contributed by atoms with Gasteiger partial charge in [0, 0.05) is 35.3 Å². The van der Waals surface area contributed by atoms with Crippen molar-refractivity contribution in [2.45, 2.75) is 5.37 Å². The summed E-state index contributed by atoms with van der Waals surface area (Å²) in [6, 6.07) is 13.2. The van der Waals surface area contributed by atoms with Crippen molar-refractivity contribution in [3.05, 3.63) is 71.0 Å². The summed E-state index contributed by atoms with van der Waals surface area (Å²) in [5, 5.41) is 0.722. The highest BCUT2D eigenvalue weighted by Gasteiger charge is 2.31. The lowest BCUT2D eigenvalue weighted by Gasteiger charge is -2.24. The molecule has 0 radical (unpaired) electrons. The maximum atomic E-state index is 13.0. The Kier molecular flexibility index (Phi) is 4.12. The van der Waals surface area contributed by atoms with Crippen molar-refractivity contribution in [3.63, 3.8) is 0 Å². The van der Waals surface area contributed by atoms with E-state index in [4.69, 9.17) is 11.6 Å².